The zero-order valence-electron chi connectivity index (χ0n) is 11.4. The number of halogens is 1. The van der Waals surface area contributed by atoms with E-state index in [1.54, 1.807) is 11.9 Å². The minimum atomic E-state index is -0.171. The third-order valence-electron chi connectivity index (χ3n) is 3.15. The first-order valence-corrected chi connectivity index (χ1v) is 6.58. The molecule has 4 nitrogen and oxygen atoms in total. The van der Waals surface area contributed by atoms with Crippen LogP contribution in [0, 0.1) is 6.92 Å². The number of amides is 1. The van der Waals surface area contributed by atoms with Crippen LogP contribution in [0.4, 0.5) is 5.69 Å². The van der Waals surface area contributed by atoms with Crippen LogP contribution in [0.25, 0.3) is 0 Å². The van der Waals surface area contributed by atoms with Gasteiger partial charge < -0.3 is 10.6 Å². The minimum Gasteiger partial charge on any atom is -0.397 e. The van der Waals surface area contributed by atoms with Crippen molar-refractivity contribution in [3.8, 4) is 0 Å². The van der Waals surface area contributed by atoms with E-state index in [1.807, 2.05) is 31.2 Å². The van der Waals surface area contributed by atoms with Gasteiger partial charge in [0.25, 0.3) is 5.91 Å². The van der Waals surface area contributed by atoms with Gasteiger partial charge in [-0.2, -0.15) is 0 Å². The lowest BCUT2D eigenvalue weighted by atomic mass is 10.1. The predicted molar refractivity (Wildman–Crippen MR) is 80.6 cm³/mol. The highest BCUT2D eigenvalue weighted by Gasteiger charge is 2.16. The maximum Gasteiger partial charge on any atom is 0.256 e. The molecule has 0 aliphatic carbocycles. The quantitative estimate of drug-likeness (QED) is 0.884. The van der Waals surface area contributed by atoms with E-state index in [-0.39, 0.29) is 11.1 Å². The summed E-state index contributed by atoms with van der Waals surface area (Å²) in [5.74, 6) is -0.171. The summed E-state index contributed by atoms with van der Waals surface area (Å²) in [6.45, 7) is 2.54. The molecule has 0 aliphatic rings. The number of carbonyl (C=O) groups is 1. The number of hydrogen-bond donors (Lipinski definition) is 1. The summed E-state index contributed by atoms with van der Waals surface area (Å²) in [6, 6.07) is 9.44. The van der Waals surface area contributed by atoms with Crippen molar-refractivity contribution in [2.45, 2.75) is 13.5 Å². The number of hydrogen-bond acceptors (Lipinski definition) is 3. The zero-order chi connectivity index (χ0) is 14.7. The number of nitrogens with zero attached hydrogens (tertiary/aromatic N) is 2. The average molecular weight is 290 g/mol. The molecular formula is C15H16ClN3O. The van der Waals surface area contributed by atoms with Gasteiger partial charge >= 0.3 is 0 Å². The molecule has 20 heavy (non-hydrogen) atoms. The van der Waals surface area contributed by atoms with Crippen LogP contribution >= 0.6 is 11.6 Å². The highest BCUT2D eigenvalue weighted by Crippen LogP contribution is 2.18. The maximum atomic E-state index is 12.4. The van der Waals surface area contributed by atoms with E-state index in [1.165, 1.54) is 12.3 Å². The molecule has 0 spiro atoms. The Labute approximate surface area is 123 Å². The van der Waals surface area contributed by atoms with E-state index >= 15 is 0 Å². The second-order valence-corrected chi connectivity index (χ2v) is 5.07. The van der Waals surface area contributed by atoms with Crippen molar-refractivity contribution in [3.63, 3.8) is 0 Å². The Balaban J connectivity index is 2.21. The Bertz CT molecular complexity index is 643. The number of aryl methyl sites for hydroxylation is 1. The normalized spacial score (nSPS) is 10.3. The van der Waals surface area contributed by atoms with Crippen LogP contribution in [0.1, 0.15) is 21.5 Å². The second-order valence-electron chi connectivity index (χ2n) is 4.68. The SMILES string of the molecule is Cc1ccccc1CN(C)C(=O)c1cc(Cl)ncc1N. The standard InChI is InChI=1S/C15H16ClN3O/c1-10-5-3-4-6-11(10)9-19(2)15(20)12-7-14(16)18-8-13(12)17/h3-8H,9,17H2,1-2H3. The van der Waals surface area contributed by atoms with Crippen LogP contribution < -0.4 is 5.73 Å². The Kier molecular flexibility index (Phi) is 4.25. The molecule has 0 aliphatic heterocycles. The molecule has 1 aromatic heterocycles. The third kappa shape index (κ3) is 3.08. The summed E-state index contributed by atoms with van der Waals surface area (Å²) in [7, 11) is 1.74. The fourth-order valence-corrected chi connectivity index (χ4v) is 2.10. The highest BCUT2D eigenvalue weighted by atomic mass is 35.5. The van der Waals surface area contributed by atoms with Gasteiger partial charge in [-0.05, 0) is 24.1 Å². The van der Waals surface area contributed by atoms with E-state index in [4.69, 9.17) is 17.3 Å². The highest BCUT2D eigenvalue weighted by molar-refractivity contribution is 6.29. The first-order chi connectivity index (χ1) is 9.49. The molecule has 2 rings (SSSR count). The van der Waals surface area contributed by atoms with Crippen LogP contribution in [0.3, 0.4) is 0 Å². The van der Waals surface area contributed by atoms with Crippen molar-refractivity contribution in [2.24, 2.45) is 0 Å². The third-order valence-corrected chi connectivity index (χ3v) is 3.35. The Morgan fingerprint density at radius 2 is 2.10 bits per heavy atom. The smallest absolute Gasteiger partial charge is 0.256 e. The molecular weight excluding hydrogens is 274 g/mol. The van der Waals surface area contributed by atoms with Crippen molar-refractivity contribution in [1.82, 2.24) is 9.88 Å². The van der Waals surface area contributed by atoms with E-state index in [0.29, 0.717) is 17.8 Å². The number of nitrogens with two attached hydrogens (primary N) is 1. The van der Waals surface area contributed by atoms with Gasteiger partial charge in [0.2, 0.25) is 0 Å². The number of rotatable bonds is 3. The summed E-state index contributed by atoms with van der Waals surface area (Å²) >= 11 is 5.81. The summed E-state index contributed by atoms with van der Waals surface area (Å²) in [6.07, 6.45) is 1.40. The van der Waals surface area contributed by atoms with Crippen LogP contribution in [-0.2, 0) is 6.54 Å². The van der Waals surface area contributed by atoms with Gasteiger partial charge in [-0.15, -0.1) is 0 Å². The van der Waals surface area contributed by atoms with Crippen molar-refractivity contribution < 1.29 is 4.79 Å². The summed E-state index contributed by atoms with van der Waals surface area (Å²) in [5.41, 5.74) is 8.73. The largest absolute Gasteiger partial charge is 0.397 e. The van der Waals surface area contributed by atoms with Gasteiger partial charge in [0, 0.05) is 13.6 Å². The lowest BCUT2D eigenvalue weighted by molar-refractivity contribution is 0.0786. The van der Waals surface area contributed by atoms with E-state index < -0.39 is 0 Å². The van der Waals surface area contributed by atoms with Gasteiger partial charge in [-0.1, -0.05) is 35.9 Å². The Morgan fingerprint density at radius 3 is 2.80 bits per heavy atom. The number of pyridine rings is 1. The van der Waals surface area contributed by atoms with Crippen molar-refractivity contribution >= 4 is 23.2 Å². The molecule has 1 heterocycles. The maximum absolute atomic E-state index is 12.4. The number of anilines is 1. The Hall–Kier alpha value is -2.07. The van der Waals surface area contributed by atoms with Gasteiger partial charge in [-0.3, -0.25) is 4.79 Å². The number of nitrogen functional groups attached to an aromatic ring is 1. The molecule has 1 aromatic carbocycles. The first kappa shape index (κ1) is 14.3. The van der Waals surface area contributed by atoms with Crippen molar-refractivity contribution in [2.75, 3.05) is 12.8 Å². The zero-order valence-corrected chi connectivity index (χ0v) is 12.2. The van der Waals surface area contributed by atoms with E-state index in [2.05, 4.69) is 4.98 Å². The minimum absolute atomic E-state index is 0.171. The molecule has 0 radical (unpaired) electrons. The lowest BCUT2D eigenvalue weighted by Crippen LogP contribution is -2.27. The molecule has 5 heteroatoms. The molecule has 0 saturated carbocycles. The second kappa shape index (κ2) is 5.92. The Morgan fingerprint density at radius 1 is 1.40 bits per heavy atom. The van der Waals surface area contributed by atoms with E-state index in [9.17, 15) is 4.79 Å². The predicted octanol–water partition coefficient (Wildman–Crippen LogP) is 2.90. The molecule has 2 aromatic rings. The lowest BCUT2D eigenvalue weighted by Gasteiger charge is -2.19. The summed E-state index contributed by atoms with van der Waals surface area (Å²) in [5, 5.41) is 0.256. The fraction of sp³-hybridized carbons (Fsp3) is 0.200. The molecule has 0 saturated heterocycles. The van der Waals surface area contributed by atoms with Crippen LogP contribution in [-0.4, -0.2) is 22.8 Å². The van der Waals surface area contributed by atoms with Gasteiger partial charge in [-0.25, -0.2) is 4.98 Å². The van der Waals surface area contributed by atoms with Crippen LogP contribution in [0.2, 0.25) is 5.15 Å². The molecule has 0 unspecified atom stereocenters. The van der Waals surface area contributed by atoms with Gasteiger partial charge in [0.05, 0.1) is 17.4 Å². The van der Waals surface area contributed by atoms with E-state index in [0.717, 1.165) is 11.1 Å². The molecule has 0 fully saturated rings. The molecule has 0 bridgehead atoms. The fourth-order valence-electron chi connectivity index (χ4n) is 1.95. The average Bonchev–Trinajstić information content (AvgIpc) is 2.43. The van der Waals surface area contributed by atoms with Gasteiger partial charge in [0.15, 0.2) is 0 Å². The van der Waals surface area contributed by atoms with Crippen molar-refractivity contribution in [3.05, 3.63) is 58.4 Å². The molecule has 0 atom stereocenters. The number of benzene rings is 1. The van der Waals surface area contributed by atoms with Crippen LogP contribution in [0.15, 0.2) is 36.5 Å². The summed E-state index contributed by atoms with van der Waals surface area (Å²) < 4.78 is 0. The van der Waals surface area contributed by atoms with Gasteiger partial charge in [0.1, 0.15) is 5.15 Å². The molecule has 2 N–H and O–H groups in total. The van der Waals surface area contributed by atoms with Crippen LogP contribution in [0.5, 0.6) is 0 Å². The van der Waals surface area contributed by atoms with Crippen molar-refractivity contribution in [1.29, 1.82) is 0 Å². The topological polar surface area (TPSA) is 59.2 Å². The summed E-state index contributed by atoms with van der Waals surface area (Å²) in [4.78, 5) is 17.9. The number of aromatic nitrogens is 1. The first-order valence-electron chi connectivity index (χ1n) is 6.20. The molecule has 1 amide bonds. The number of carbonyl (C=O) groups excluding carboxylic acids is 1. The molecule has 104 valence electrons. The monoisotopic (exact) mass is 289 g/mol.